The van der Waals surface area contributed by atoms with Crippen molar-refractivity contribution in [1.29, 1.82) is 0 Å². The minimum Gasteiger partial charge on any atom is -0.367 e. The topological polar surface area (TPSA) is 72.3 Å². The number of hydrogen-bond acceptors (Lipinski definition) is 4. The molecule has 0 spiro atoms. The second-order valence-corrected chi connectivity index (χ2v) is 6.13. The zero-order chi connectivity index (χ0) is 18.8. The number of fused-ring (bicyclic) bond motifs is 1. The molecule has 0 aliphatic rings. The van der Waals surface area contributed by atoms with Crippen LogP contribution in [0, 0.1) is 5.82 Å². The summed E-state index contributed by atoms with van der Waals surface area (Å²) in [6.07, 6.45) is -0.467. The first-order chi connectivity index (χ1) is 13.1. The van der Waals surface area contributed by atoms with E-state index in [0.29, 0.717) is 17.1 Å². The molecule has 0 aliphatic carbocycles. The van der Waals surface area contributed by atoms with E-state index in [2.05, 4.69) is 15.1 Å². The highest BCUT2D eigenvalue weighted by atomic mass is 19.1. The minimum absolute atomic E-state index is 0.0781. The first kappa shape index (κ1) is 17.1. The van der Waals surface area contributed by atoms with Gasteiger partial charge >= 0.3 is 0 Å². The first-order valence-corrected chi connectivity index (χ1v) is 8.52. The Bertz CT molecular complexity index is 1140. The fraction of sp³-hybridized carbons (Fsp3) is 0.150. The maximum Gasteiger partial charge on any atom is 0.274 e. The van der Waals surface area contributed by atoms with Crippen molar-refractivity contribution >= 4 is 5.78 Å². The molecule has 0 bridgehead atoms. The quantitative estimate of drug-likeness (QED) is 0.588. The molecule has 0 aliphatic heterocycles. The fourth-order valence-electron chi connectivity index (χ4n) is 2.83. The lowest BCUT2D eigenvalue weighted by atomic mass is 10.1. The van der Waals surface area contributed by atoms with Crippen molar-refractivity contribution in [2.45, 2.75) is 19.6 Å². The van der Waals surface area contributed by atoms with E-state index in [0.717, 1.165) is 5.56 Å². The molecule has 0 radical (unpaired) electrons. The van der Waals surface area contributed by atoms with Crippen molar-refractivity contribution in [3.05, 3.63) is 88.1 Å². The number of H-pyrrole nitrogens is 1. The Hall–Kier alpha value is -3.32. The van der Waals surface area contributed by atoms with Gasteiger partial charge in [-0.05, 0) is 13.0 Å². The minimum atomic E-state index is -0.467. The van der Waals surface area contributed by atoms with Crippen LogP contribution in [-0.2, 0) is 11.3 Å². The van der Waals surface area contributed by atoms with Crippen LogP contribution in [0.1, 0.15) is 24.3 Å². The van der Waals surface area contributed by atoms with Gasteiger partial charge in [0.25, 0.3) is 11.3 Å². The van der Waals surface area contributed by atoms with Gasteiger partial charge in [-0.25, -0.2) is 9.37 Å². The van der Waals surface area contributed by atoms with E-state index >= 15 is 0 Å². The molecule has 2 heterocycles. The Morgan fingerprint density at radius 2 is 1.85 bits per heavy atom. The average molecular weight is 364 g/mol. The summed E-state index contributed by atoms with van der Waals surface area (Å²) in [5.41, 5.74) is 1.47. The molecule has 2 aromatic carbocycles. The van der Waals surface area contributed by atoms with Gasteiger partial charge in [0.15, 0.2) is 5.82 Å². The third kappa shape index (κ3) is 3.50. The van der Waals surface area contributed by atoms with Crippen LogP contribution in [0.25, 0.3) is 17.2 Å². The largest absolute Gasteiger partial charge is 0.367 e. The van der Waals surface area contributed by atoms with Crippen molar-refractivity contribution in [1.82, 2.24) is 19.6 Å². The van der Waals surface area contributed by atoms with Crippen LogP contribution in [0.4, 0.5) is 4.39 Å². The van der Waals surface area contributed by atoms with Gasteiger partial charge in [-0.15, -0.1) is 0 Å². The third-order valence-electron chi connectivity index (χ3n) is 4.26. The number of halogens is 1. The number of aromatic amines is 1. The second kappa shape index (κ2) is 7.13. The smallest absolute Gasteiger partial charge is 0.274 e. The van der Waals surface area contributed by atoms with Crippen LogP contribution >= 0.6 is 0 Å². The normalized spacial score (nSPS) is 12.4. The van der Waals surface area contributed by atoms with E-state index in [1.54, 1.807) is 25.1 Å². The summed E-state index contributed by atoms with van der Waals surface area (Å²) < 4.78 is 20.8. The molecule has 0 fully saturated rings. The van der Waals surface area contributed by atoms with E-state index < -0.39 is 6.10 Å². The van der Waals surface area contributed by atoms with Crippen molar-refractivity contribution in [3.8, 4) is 11.4 Å². The summed E-state index contributed by atoms with van der Waals surface area (Å²) in [7, 11) is 0. The van der Waals surface area contributed by atoms with E-state index in [1.165, 1.54) is 16.6 Å². The summed E-state index contributed by atoms with van der Waals surface area (Å²) in [5.74, 6) is 0.491. The zero-order valence-electron chi connectivity index (χ0n) is 14.6. The molecule has 7 heteroatoms. The number of nitrogens with one attached hydrogen (secondary N) is 1. The average Bonchev–Trinajstić information content (AvgIpc) is 3.12. The predicted molar refractivity (Wildman–Crippen MR) is 98.6 cm³/mol. The Kier molecular flexibility index (Phi) is 4.52. The maximum absolute atomic E-state index is 13.8. The molecular weight excluding hydrogens is 347 g/mol. The molecule has 27 heavy (non-hydrogen) atoms. The van der Waals surface area contributed by atoms with Crippen LogP contribution < -0.4 is 5.56 Å². The highest BCUT2D eigenvalue weighted by Gasteiger charge is 2.13. The fourth-order valence-corrected chi connectivity index (χ4v) is 2.83. The molecule has 1 N–H and O–H groups in total. The molecule has 136 valence electrons. The van der Waals surface area contributed by atoms with Crippen molar-refractivity contribution in [2.24, 2.45) is 0 Å². The van der Waals surface area contributed by atoms with Crippen LogP contribution in [0.5, 0.6) is 0 Å². The molecular formula is C20H17FN4O2. The molecule has 0 amide bonds. The van der Waals surface area contributed by atoms with Crippen LogP contribution in [-0.4, -0.2) is 19.6 Å². The van der Waals surface area contributed by atoms with E-state index in [1.807, 2.05) is 30.3 Å². The molecule has 4 aromatic rings. The van der Waals surface area contributed by atoms with E-state index in [9.17, 15) is 9.18 Å². The summed E-state index contributed by atoms with van der Waals surface area (Å²) in [5, 5.41) is 2.95. The Balaban J connectivity index is 1.58. The summed E-state index contributed by atoms with van der Waals surface area (Å²) >= 11 is 0. The number of rotatable bonds is 5. The highest BCUT2D eigenvalue weighted by Crippen LogP contribution is 2.21. The molecule has 4 rings (SSSR count). The van der Waals surface area contributed by atoms with Gasteiger partial charge in [-0.3, -0.25) is 9.89 Å². The van der Waals surface area contributed by atoms with Gasteiger partial charge in [0, 0.05) is 17.2 Å². The molecule has 0 saturated heterocycles. The van der Waals surface area contributed by atoms with Crippen LogP contribution in [0.2, 0.25) is 0 Å². The lowest BCUT2D eigenvalue weighted by molar-refractivity contribution is 0.0482. The van der Waals surface area contributed by atoms with Crippen molar-refractivity contribution < 1.29 is 9.13 Å². The van der Waals surface area contributed by atoms with Gasteiger partial charge in [-0.2, -0.15) is 9.50 Å². The number of hydrogen-bond donors (Lipinski definition) is 1. The van der Waals surface area contributed by atoms with Crippen molar-refractivity contribution in [3.63, 3.8) is 0 Å². The van der Waals surface area contributed by atoms with Gasteiger partial charge in [0.05, 0.1) is 18.4 Å². The number of benzene rings is 2. The predicted octanol–water partition coefficient (Wildman–Crippen LogP) is 3.50. The second-order valence-electron chi connectivity index (χ2n) is 6.13. The molecule has 2 aromatic heterocycles. The summed E-state index contributed by atoms with van der Waals surface area (Å²) in [4.78, 5) is 21.1. The molecule has 1 atom stereocenters. The monoisotopic (exact) mass is 364 g/mol. The summed E-state index contributed by atoms with van der Waals surface area (Å²) in [6, 6.07) is 17.3. The van der Waals surface area contributed by atoms with Gasteiger partial charge in [0.1, 0.15) is 5.82 Å². The lowest BCUT2D eigenvalue weighted by Gasteiger charge is -2.13. The van der Waals surface area contributed by atoms with Gasteiger partial charge in [-0.1, -0.05) is 48.5 Å². The number of nitrogens with zero attached hydrogens (tertiary/aromatic N) is 3. The van der Waals surface area contributed by atoms with E-state index in [4.69, 9.17) is 4.74 Å². The molecule has 6 nitrogen and oxygen atoms in total. The van der Waals surface area contributed by atoms with Crippen LogP contribution in [0.15, 0.2) is 65.5 Å². The highest BCUT2D eigenvalue weighted by molar-refractivity contribution is 5.56. The molecule has 0 saturated carbocycles. The molecule has 1 unspecified atom stereocenters. The van der Waals surface area contributed by atoms with E-state index in [-0.39, 0.29) is 23.8 Å². The third-order valence-corrected chi connectivity index (χ3v) is 4.26. The first-order valence-electron chi connectivity index (χ1n) is 8.52. The number of ether oxygens (including phenoxy) is 1. The number of aromatic nitrogens is 4. The Morgan fingerprint density at radius 1 is 1.11 bits per heavy atom. The van der Waals surface area contributed by atoms with Crippen molar-refractivity contribution in [2.75, 3.05) is 0 Å². The standard InChI is InChI=1S/C20H17FN4O2/c1-13(16-9-5-6-10-17(16)21)27-12-15-11-18(26)25-20(22-15)23-19(24-25)14-7-3-2-4-8-14/h2-11,13H,12H2,1H3,(H,22,23,24). The Morgan fingerprint density at radius 3 is 2.63 bits per heavy atom. The SMILES string of the molecule is CC(OCc1cc(=O)n2[nH]c(-c3ccccc3)nc2n1)c1ccccc1F. The summed E-state index contributed by atoms with van der Waals surface area (Å²) in [6.45, 7) is 1.83. The van der Waals surface area contributed by atoms with Gasteiger partial charge in [0.2, 0.25) is 0 Å². The Labute approximate surface area is 154 Å². The lowest BCUT2D eigenvalue weighted by Crippen LogP contribution is -2.16. The zero-order valence-corrected chi connectivity index (χ0v) is 14.6. The maximum atomic E-state index is 13.8. The van der Waals surface area contributed by atoms with Crippen LogP contribution in [0.3, 0.4) is 0 Å². The van der Waals surface area contributed by atoms with Gasteiger partial charge < -0.3 is 4.74 Å².